The van der Waals surface area contributed by atoms with Gasteiger partial charge in [-0.1, -0.05) is 38.1 Å². The Morgan fingerprint density at radius 1 is 1.12 bits per heavy atom. The minimum absolute atomic E-state index is 0.367. The lowest BCUT2D eigenvalue weighted by molar-refractivity contribution is 0.0602. The van der Waals surface area contributed by atoms with E-state index in [0.29, 0.717) is 23.8 Å². The van der Waals surface area contributed by atoms with Crippen LogP contribution in [0.3, 0.4) is 0 Å². The molecule has 2 aromatic rings. The second kappa shape index (κ2) is 8.39. The molecule has 128 valence electrons. The lowest BCUT2D eigenvalue weighted by Gasteiger charge is -2.17. The number of rotatable bonds is 7. The second-order valence-electron chi connectivity index (χ2n) is 6.14. The molecule has 0 aliphatic heterocycles. The maximum atomic E-state index is 11.9. The Morgan fingerprint density at radius 3 is 2.58 bits per heavy atom. The van der Waals surface area contributed by atoms with Gasteiger partial charge in [-0.15, -0.1) is 0 Å². The molecule has 0 bridgehead atoms. The Labute approximate surface area is 143 Å². The molecule has 0 aliphatic carbocycles. The van der Waals surface area contributed by atoms with Gasteiger partial charge in [-0.25, -0.2) is 4.79 Å². The van der Waals surface area contributed by atoms with E-state index in [1.165, 1.54) is 7.11 Å². The molecule has 2 aromatic carbocycles. The van der Waals surface area contributed by atoms with E-state index >= 15 is 0 Å². The number of hydrogen-bond donors (Lipinski definition) is 1. The average molecular weight is 327 g/mol. The molecular weight excluding hydrogens is 302 g/mol. The summed E-state index contributed by atoms with van der Waals surface area (Å²) in [6, 6.07) is 13.2. The molecular formula is C20H25NO3. The number of ether oxygens (including phenoxy) is 2. The molecule has 2 rings (SSSR count). The normalized spacial score (nSPS) is 10.5. The summed E-state index contributed by atoms with van der Waals surface area (Å²) in [7, 11) is 1.38. The van der Waals surface area contributed by atoms with Crippen LogP contribution in [-0.2, 0) is 4.74 Å². The van der Waals surface area contributed by atoms with E-state index in [0.717, 1.165) is 23.4 Å². The van der Waals surface area contributed by atoms with E-state index in [9.17, 15) is 4.79 Å². The van der Waals surface area contributed by atoms with E-state index in [2.05, 4.69) is 19.2 Å². The number of anilines is 2. The van der Waals surface area contributed by atoms with Crippen LogP contribution >= 0.6 is 0 Å². The van der Waals surface area contributed by atoms with Gasteiger partial charge in [-0.05, 0) is 43.0 Å². The van der Waals surface area contributed by atoms with Gasteiger partial charge in [-0.2, -0.15) is 0 Å². The van der Waals surface area contributed by atoms with E-state index in [1.807, 2.05) is 43.3 Å². The molecule has 0 unspecified atom stereocenters. The summed E-state index contributed by atoms with van der Waals surface area (Å²) in [6.45, 7) is 7.02. The molecule has 0 saturated heterocycles. The third kappa shape index (κ3) is 4.51. The highest BCUT2D eigenvalue weighted by molar-refractivity contribution is 5.96. The number of benzene rings is 2. The smallest absolute Gasteiger partial charge is 0.339 e. The Hall–Kier alpha value is -2.49. The van der Waals surface area contributed by atoms with Gasteiger partial charge >= 0.3 is 5.97 Å². The van der Waals surface area contributed by atoms with Crippen LogP contribution in [0.15, 0.2) is 42.5 Å². The van der Waals surface area contributed by atoms with Crippen molar-refractivity contribution in [3.8, 4) is 5.75 Å². The van der Waals surface area contributed by atoms with Crippen molar-refractivity contribution in [2.75, 3.05) is 19.0 Å². The Morgan fingerprint density at radius 2 is 1.88 bits per heavy atom. The first-order valence-electron chi connectivity index (χ1n) is 8.19. The Bertz CT molecular complexity index is 695. The number of carbonyl (C=O) groups excluding carboxylic acids is 1. The first-order chi connectivity index (χ1) is 11.5. The highest BCUT2D eigenvalue weighted by Crippen LogP contribution is 2.32. The summed E-state index contributed by atoms with van der Waals surface area (Å²) < 4.78 is 10.8. The van der Waals surface area contributed by atoms with Crippen LogP contribution in [0.25, 0.3) is 0 Å². The van der Waals surface area contributed by atoms with Crippen molar-refractivity contribution < 1.29 is 14.3 Å². The van der Waals surface area contributed by atoms with Crippen molar-refractivity contribution >= 4 is 17.3 Å². The predicted octanol–water partition coefficient (Wildman–Crippen LogP) is 4.95. The highest BCUT2D eigenvalue weighted by atomic mass is 16.5. The minimum Gasteiger partial charge on any atom is -0.491 e. The predicted molar refractivity (Wildman–Crippen MR) is 97.2 cm³/mol. The van der Waals surface area contributed by atoms with Gasteiger partial charge in [0, 0.05) is 0 Å². The largest absolute Gasteiger partial charge is 0.491 e. The first kappa shape index (κ1) is 17.9. The van der Waals surface area contributed by atoms with E-state index in [1.54, 1.807) is 6.07 Å². The average Bonchev–Trinajstić information content (AvgIpc) is 2.57. The van der Waals surface area contributed by atoms with Crippen LogP contribution in [-0.4, -0.2) is 19.7 Å². The third-order valence-electron chi connectivity index (χ3n) is 3.78. The molecule has 0 fully saturated rings. The summed E-state index contributed by atoms with van der Waals surface area (Å²) in [5.41, 5.74) is 3.12. The van der Waals surface area contributed by atoms with Gasteiger partial charge in [-0.3, -0.25) is 0 Å². The Balaban J connectivity index is 2.28. The zero-order valence-electron chi connectivity index (χ0n) is 14.8. The number of para-hydroxylation sites is 2. The fourth-order valence-electron chi connectivity index (χ4n) is 2.34. The minimum atomic E-state index is -0.367. The number of carbonyl (C=O) groups is 1. The second-order valence-corrected chi connectivity index (χ2v) is 6.14. The number of hydrogen-bond acceptors (Lipinski definition) is 4. The maximum absolute atomic E-state index is 11.9. The van der Waals surface area contributed by atoms with Gasteiger partial charge in [0.2, 0.25) is 0 Å². The zero-order valence-corrected chi connectivity index (χ0v) is 14.8. The van der Waals surface area contributed by atoms with Crippen molar-refractivity contribution in [2.24, 2.45) is 5.92 Å². The van der Waals surface area contributed by atoms with Crippen molar-refractivity contribution in [1.82, 2.24) is 0 Å². The zero-order chi connectivity index (χ0) is 17.5. The molecule has 0 radical (unpaired) electrons. The highest BCUT2D eigenvalue weighted by Gasteiger charge is 2.14. The van der Waals surface area contributed by atoms with Crippen LogP contribution in [0.5, 0.6) is 5.75 Å². The van der Waals surface area contributed by atoms with Crippen LogP contribution in [0.1, 0.15) is 36.2 Å². The van der Waals surface area contributed by atoms with Crippen LogP contribution in [0, 0.1) is 12.8 Å². The molecule has 0 amide bonds. The molecule has 0 aliphatic rings. The molecule has 24 heavy (non-hydrogen) atoms. The molecule has 1 N–H and O–H groups in total. The van der Waals surface area contributed by atoms with Gasteiger partial charge in [0.15, 0.2) is 0 Å². The number of nitrogens with one attached hydrogen (secondary N) is 1. The number of methoxy groups -OCH3 is 1. The third-order valence-corrected chi connectivity index (χ3v) is 3.78. The van der Waals surface area contributed by atoms with Crippen LogP contribution in [0.2, 0.25) is 0 Å². The van der Waals surface area contributed by atoms with E-state index in [4.69, 9.17) is 9.47 Å². The van der Waals surface area contributed by atoms with Gasteiger partial charge in [0.25, 0.3) is 0 Å². The maximum Gasteiger partial charge on any atom is 0.339 e. The fourth-order valence-corrected chi connectivity index (χ4v) is 2.34. The summed E-state index contributed by atoms with van der Waals surface area (Å²) >= 11 is 0. The summed E-state index contributed by atoms with van der Waals surface area (Å²) in [6.07, 6.45) is 0.992. The lowest BCUT2D eigenvalue weighted by Crippen LogP contribution is -2.08. The van der Waals surface area contributed by atoms with Gasteiger partial charge in [0.1, 0.15) is 5.75 Å². The van der Waals surface area contributed by atoms with Gasteiger partial charge < -0.3 is 14.8 Å². The summed E-state index contributed by atoms with van der Waals surface area (Å²) in [4.78, 5) is 11.9. The molecule has 0 aromatic heterocycles. The van der Waals surface area contributed by atoms with Crippen molar-refractivity contribution in [3.05, 3.63) is 53.6 Å². The van der Waals surface area contributed by atoms with Crippen molar-refractivity contribution in [3.63, 3.8) is 0 Å². The van der Waals surface area contributed by atoms with Gasteiger partial charge in [0.05, 0.1) is 30.7 Å². The molecule has 4 heteroatoms. The summed E-state index contributed by atoms with van der Waals surface area (Å²) in [5.74, 6) is 1.01. The molecule has 0 saturated carbocycles. The first-order valence-corrected chi connectivity index (χ1v) is 8.19. The van der Waals surface area contributed by atoms with Crippen LogP contribution < -0.4 is 10.1 Å². The van der Waals surface area contributed by atoms with E-state index < -0.39 is 0 Å². The molecule has 4 nitrogen and oxygen atoms in total. The van der Waals surface area contributed by atoms with Crippen LogP contribution in [0.4, 0.5) is 11.4 Å². The molecule has 0 heterocycles. The SMILES string of the molecule is COC(=O)c1ccccc1Nc1c(C)cccc1OCCC(C)C. The number of esters is 1. The summed E-state index contributed by atoms with van der Waals surface area (Å²) in [5, 5.41) is 3.34. The lowest BCUT2D eigenvalue weighted by atomic mass is 10.1. The van der Waals surface area contributed by atoms with Crippen molar-refractivity contribution in [2.45, 2.75) is 27.2 Å². The molecule has 0 atom stereocenters. The Kier molecular flexibility index (Phi) is 6.24. The van der Waals surface area contributed by atoms with E-state index in [-0.39, 0.29) is 5.97 Å². The topological polar surface area (TPSA) is 47.6 Å². The monoisotopic (exact) mass is 327 g/mol. The number of aryl methyl sites for hydroxylation is 1. The van der Waals surface area contributed by atoms with Crippen molar-refractivity contribution in [1.29, 1.82) is 0 Å². The molecule has 0 spiro atoms. The standard InChI is InChI=1S/C20H25NO3/c1-14(2)12-13-24-18-11-7-8-15(3)19(18)21-17-10-6-5-9-16(17)20(22)23-4/h5-11,14,21H,12-13H2,1-4H3. The quantitative estimate of drug-likeness (QED) is 0.731. The fraction of sp³-hybridized carbons (Fsp3) is 0.350.